The molecule has 0 aliphatic carbocycles. The fourth-order valence-corrected chi connectivity index (χ4v) is 4.87. The monoisotopic (exact) mass is 1130 g/mol. The molecule has 0 bridgehead atoms. The number of hydrogen-bond acceptors (Lipinski definition) is 15. The molecule has 0 saturated carbocycles. The molecule has 3 amide bonds. The lowest BCUT2D eigenvalue weighted by Crippen LogP contribution is -2.50. The van der Waals surface area contributed by atoms with Gasteiger partial charge in [-0.3, -0.25) is 29.5 Å². The Balaban J connectivity index is -0.000000196. The van der Waals surface area contributed by atoms with Crippen molar-refractivity contribution < 1.29 is 19.6 Å². The molecule has 0 radical (unpaired) electrons. The number of likely N-dealkylation sites (tertiary alicyclic amines) is 1. The Bertz CT molecular complexity index is 1810. The quantitative estimate of drug-likeness (QED) is 0.0960. The van der Waals surface area contributed by atoms with Crippen molar-refractivity contribution in [2.75, 3.05) is 40.3 Å². The van der Waals surface area contributed by atoms with E-state index in [-0.39, 0.29) is 75.4 Å². The number of aliphatic imine (C=N–C) groups is 3. The van der Waals surface area contributed by atoms with E-state index in [9.17, 15) is 14.4 Å². The zero-order valence-electron chi connectivity index (χ0n) is 54.7. The van der Waals surface area contributed by atoms with Crippen LogP contribution >= 0.6 is 0 Å². The number of amides is 3. The van der Waals surface area contributed by atoms with Crippen molar-refractivity contribution in [2.24, 2.45) is 72.3 Å². The van der Waals surface area contributed by atoms with Gasteiger partial charge in [0.15, 0.2) is 11.9 Å². The van der Waals surface area contributed by atoms with Gasteiger partial charge in [0, 0.05) is 33.2 Å². The lowest BCUT2D eigenvalue weighted by molar-refractivity contribution is -0.124. The molecule has 470 valence electrons. The summed E-state index contributed by atoms with van der Waals surface area (Å²) in [4.78, 5) is 57.1. The number of guanidine groups is 3. The topological polar surface area (TPSA) is 452 Å². The maximum atomic E-state index is 11.6. The second-order valence-electron chi connectivity index (χ2n) is 27.4. The summed E-state index contributed by atoms with van der Waals surface area (Å²) >= 11 is 0. The highest BCUT2D eigenvalue weighted by atomic mass is 16.5. The van der Waals surface area contributed by atoms with Crippen LogP contribution in [-0.4, -0.2) is 157 Å². The van der Waals surface area contributed by atoms with Crippen molar-refractivity contribution in [1.29, 1.82) is 0 Å². The molecule has 1 fully saturated rings. The first-order valence-electron chi connectivity index (χ1n) is 26.9. The molecular weight excluding hydrogens is 1010 g/mol. The number of carbonyl (C=O) groups is 3. The molecule has 26 N–H and O–H groups in total. The van der Waals surface area contributed by atoms with Crippen molar-refractivity contribution in [2.45, 2.75) is 254 Å². The largest absolute Gasteiger partial charge is 0.370 e. The number of carbonyl (C=O) groups excluding carboxylic acids is 3. The summed E-state index contributed by atoms with van der Waals surface area (Å²) in [5.74, 6) is -0.436. The number of nitrogens with one attached hydrogen (secondary N) is 5. The average Bonchev–Trinajstić information content (AvgIpc) is 3.95. The number of rotatable bonds is 9. The first-order valence-corrected chi connectivity index (χ1v) is 26.9. The van der Waals surface area contributed by atoms with Crippen molar-refractivity contribution in [3.05, 3.63) is 18.2 Å². The summed E-state index contributed by atoms with van der Waals surface area (Å²) in [5, 5.41) is 16.5. The standard InChI is InChI=1S/C9H16N4O.C9H21N3O.C8H19N5O.C8H17N.C6H15N.C5H13N3O.C5H13N3.C4H11N/c1-9(2,3)13-8(14)7(10)6-4-11-5-12-6;1-9(2,3)12-8(13)7(11)5-4-6-10;1-8(2,3)13-6(14)5(9)4-12-7(10)11;1-8(2,3)9-6-4-5-7-9;1-6(2,3)7(4)5;1-5(2,3)7-4(6)8-9;1-5(2,3)8-4(6)7;1-4(2,3)5/h4-5,7H,10H2,1-3H3,(H,11,12)(H,13,14);7H,4-6,10-11H2,1-3H3,(H,12,13);5H,4,9H2,1-3H3,(H,13,14)(H4,10,11,12);4-7H2,1-3H3;1-5H3;9H,1-3H3,(H3,6,7,8);1-3H3,(H4,6,7,8);5H2,1-3H3. The van der Waals surface area contributed by atoms with Crippen LogP contribution in [0.25, 0.3) is 0 Å². The normalized spacial score (nSPS) is 14.2. The zero-order chi connectivity index (χ0) is 64.4. The molecule has 1 saturated heterocycles. The number of nitrogens with two attached hydrogens (primary N) is 10. The van der Waals surface area contributed by atoms with Crippen molar-refractivity contribution in [3.63, 3.8) is 0 Å². The Morgan fingerprint density at radius 3 is 1.25 bits per heavy atom. The summed E-state index contributed by atoms with van der Waals surface area (Å²) in [6, 6.07) is -1.82. The Hall–Kier alpha value is -4.89. The number of aromatic amines is 1. The Kier molecular flexibility index (Phi) is 42.7. The number of hydroxylamine groups is 1. The van der Waals surface area contributed by atoms with Gasteiger partial charge in [0.1, 0.15) is 12.1 Å². The Morgan fingerprint density at radius 1 is 0.658 bits per heavy atom. The van der Waals surface area contributed by atoms with Crippen LogP contribution in [0.1, 0.15) is 204 Å². The van der Waals surface area contributed by atoms with Crippen molar-refractivity contribution in [1.82, 2.24) is 41.2 Å². The smallest absolute Gasteiger partial charge is 0.243 e. The molecular formula is C54H125N21O4. The minimum atomic E-state index is -0.712. The van der Waals surface area contributed by atoms with Gasteiger partial charge in [-0.25, -0.2) is 20.4 Å². The zero-order valence-corrected chi connectivity index (χ0v) is 54.7. The lowest BCUT2D eigenvalue weighted by Gasteiger charge is -2.31. The molecule has 3 unspecified atom stereocenters. The van der Waals surface area contributed by atoms with Crippen LogP contribution < -0.4 is 78.8 Å². The summed E-state index contributed by atoms with van der Waals surface area (Å²) in [6.45, 7) is 51.2. The number of H-pyrrole nitrogens is 1. The molecule has 25 nitrogen and oxygen atoms in total. The van der Waals surface area contributed by atoms with E-state index in [4.69, 9.17) is 62.5 Å². The molecule has 0 aromatic carbocycles. The highest BCUT2D eigenvalue weighted by Gasteiger charge is 2.24. The van der Waals surface area contributed by atoms with Gasteiger partial charge in [-0.1, -0.05) is 0 Å². The Morgan fingerprint density at radius 2 is 1.03 bits per heavy atom. The molecule has 79 heavy (non-hydrogen) atoms. The van der Waals surface area contributed by atoms with Crippen LogP contribution in [0.4, 0.5) is 0 Å². The van der Waals surface area contributed by atoms with E-state index in [1.807, 2.05) is 125 Å². The van der Waals surface area contributed by atoms with E-state index in [1.165, 1.54) is 32.3 Å². The van der Waals surface area contributed by atoms with Crippen LogP contribution in [0.15, 0.2) is 27.5 Å². The fraction of sp³-hybridized carbons (Fsp3) is 0.833. The van der Waals surface area contributed by atoms with Gasteiger partial charge in [0.2, 0.25) is 23.7 Å². The maximum Gasteiger partial charge on any atom is 0.243 e. The lowest BCUT2D eigenvalue weighted by atomic mass is 10.1. The number of hydrogen-bond donors (Lipinski definition) is 16. The number of nitrogens with zero attached hydrogens (tertiary/aromatic N) is 6. The number of imidazole rings is 1. The van der Waals surface area contributed by atoms with Crippen molar-refractivity contribution >= 4 is 35.6 Å². The van der Waals surface area contributed by atoms with E-state index in [0.717, 1.165) is 6.42 Å². The van der Waals surface area contributed by atoms with E-state index < -0.39 is 18.1 Å². The summed E-state index contributed by atoms with van der Waals surface area (Å²) < 4.78 is 0. The molecule has 1 aliphatic heterocycles. The van der Waals surface area contributed by atoms with Gasteiger partial charge in [-0.05, 0) is 226 Å². The van der Waals surface area contributed by atoms with Gasteiger partial charge in [-0.15, -0.1) is 0 Å². The van der Waals surface area contributed by atoms with Crippen LogP contribution in [-0.2, 0) is 14.4 Å². The van der Waals surface area contributed by atoms with Gasteiger partial charge in [-0.2, -0.15) is 0 Å². The summed E-state index contributed by atoms with van der Waals surface area (Å²) in [6.07, 6.45) is 7.29. The van der Waals surface area contributed by atoms with Crippen LogP contribution in [0.2, 0.25) is 0 Å². The molecule has 1 aromatic rings. The first-order chi connectivity index (χ1) is 34.9. The predicted octanol–water partition coefficient (Wildman–Crippen LogP) is 2.90. The second kappa shape index (κ2) is 39.5. The van der Waals surface area contributed by atoms with Crippen LogP contribution in [0.3, 0.4) is 0 Å². The third-order valence-corrected chi connectivity index (χ3v) is 8.93. The highest BCUT2D eigenvalue weighted by Crippen LogP contribution is 2.19. The third kappa shape index (κ3) is 69.2. The molecule has 2 heterocycles. The molecule has 1 aliphatic rings. The highest BCUT2D eigenvalue weighted by molar-refractivity contribution is 5.84. The van der Waals surface area contributed by atoms with Gasteiger partial charge < -0.3 is 83.2 Å². The molecule has 3 atom stereocenters. The van der Waals surface area contributed by atoms with Crippen molar-refractivity contribution in [3.8, 4) is 0 Å². The van der Waals surface area contributed by atoms with E-state index in [1.54, 1.807) is 11.7 Å². The van der Waals surface area contributed by atoms with E-state index >= 15 is 0 Å². The minimum Gasteiger partial charge on any atom is -0.370 e. The molecule has 0 spiro atoms. The number of aromatic nitrogens is 2. The summed E-state index contributed by atoms with van der Waals surface area (Å²) in [7, 11) is 4.17. The maximum absolute atomic E-state index is 11.6. The Labute approximate surface area is 480 Å². The summed E-state index contributed by atoms with van der Waals surface area (Å²) in [5.41, 5.74) is 55.1. The molecule has 25 heteroatoms. The van der Waals surface area contributed by atoms with E-state index in [2.05, 4.69) is 106 Å². The van der Waals surface area contributed by atoms with Crippen LogP contribution in [0.5, 0.6) is 0 Å². The third-order valence-electron chi connectivity index (χ3n) is 8.93. The van der Waals surface area contributed by atoms with Crippen LogP contribution in [0, 0.1) is 0 Å². The average molecular weight is 1130 g/mol. The molecule has 2 rings (SSSR count). The minimum absolute atomic E-state index is 0. The molecule has 1 aromatic heterocycles. The predicted molar refractivity (Wildman–Crippen MR) is 334 cm³/mol. The van der Waals surface area contributed by atoms with Gasteiger partial charge in [0.25, 0.3) is 0 Å². The van der Waals surface area contributed by atoms with E-state index in [0.29, 0.717) is 29.7 Å². The second-order valence-corrected chi connectivity index (χ2v) is 27.4. The fourth-order valence-electron chi connectivity index (χ4n) is 4.87. The first kappa shape index (κ1) is 85.4. The van der Waals surface area contributed by atoms with Gasteiger partial charge in [0.05, 0.1) is 41.9 Å². The SMILES string of the molecule is CC(C)(C)N.CC(C)(C)N1CCCC1.CC(C)(C)N=C(N)N.CC(C)(C)N=C(N)NO.CC(C)(C)NC(=O)C(N)CCCN.CC(C)(C)NC(=O)C(N)CN=C(N)N.CC(C)(C)NC(=O)C(N)c1cnc[nH]1.CN(C)C(C)(C)C. The van der Waals surface area contributed by atoms with Gasteiger partial charge >= 0.3 is 0 Å².